The Morgan fingerprint density at radius 1 is 0.861 bits per heavy atom. The molecule has 4 aromatic carbocycles. The lowest BCUT2D eigenvalue weighted by atomic mass is 10.1. The molecule has 1 heterocycles. The van der Waals surface area contributed by atoms with E-state index in [9.17, 15) is 18.0 Å². The first-order valence-corrected chi connectivity index (χ1v) is 14.1. The molecule has 0 spiro atoms. The molecule has 4 aromatic rings. The number of hydrogen-bond acceptors (Lipinski definition) is 6. The van der Waals surface area contributed by atoms with Gasteiger partial charge in [-0.15, -0.1) is 0 Å². The number of rotatable bonds is 6. The summed E-state index contributed by atoms with van der Waals surface area (Å²) < 4.78 is 31.9. The molecule has 36 heavy (non-hydrogen) atoms. The van der Waals surface area contributed by atoms with E-state index in [1.54, 1.807) is 30.3 Å². The van der Waals surface area contributed by atoms with Gasteiger partial charge in [0.05, 0.1) is 11.4 Å². The van der Waals surface area contributed by atoms with Gasteiger partial charge in [0.15, 0.2) is 0 Å². The summed E-state index contributed by atoms with van der Waals surface area (Å²) in [6.07, 6.45) is 1.61. The molecule has 0 unspecified atom stereocenters. The zero-order chi connectivity index (χ0) is 25.3. The fourth-order valence-electron chi connectivity index (χ4n) is 3.68. The van der Waals surface area contributed by atoms with Crippen LogP contribution in [0.3, 0.4) is 0 Å². The lowest BCUT2D eigenvalue weighted by Crippen LogP contribution is -2.27. The molecule has 1 saturated heterocycles. The van der Waals surface area contributed by atoms with Crippen molar-refractivity contribution < 1.29 is 22.2 Å². The Hall–Kier alpha value is -3.15. The van der Waals surface area contributed by atoms with Crippen LogP contribution in [0.5, 0.6) is 5.75 Å². The maximum atomic E-state index is 12.8. The first-order valence-electron chi connectivity index (χ1n) is 10.8. The average Bonchev–Trinajstić information content (AvgIpc) is 3.13. The van der Waals surface area contributed by atoms with Crippen molar-refractivity contribution >= 4 is 72.5 Å². The summed E-state index contributed by atoms with van der Waals surface area (Å²) >= 11 is 3.08. The van der Waals surface area contributed by atoms with Crippen molar-refractivity contribution in [2.45, 2.75) is 11.4 Å². The smallest absolute Gasteiger partial charge is 0.339 e. The van der Waals surface area contributed by atoms with Gasteiger partial charge in [-0.25, -0.2) is 0 Å². The molecule has 6 nitrogen and oxygen atoms in total. The molecule has 9 heteroatoms. The molecule has 0 aliphatic carbocycles. The minimum absolute atomic E-state index is 0.0621. The van der Waals surface area contributed by atoms with Gasteiger partial charge in [-0.2, -0.15) is 8.42 Å². The number of imide groups is 1. The average molecular weight is 627 g/mol. The molecule has 0 atom stereocenters. The maximum Gasteiger partial charge on any atom is 0.339 e. The van der Waals surface area contributed by atoms with Crippen LogP contribution in [0.4, 0.5) is 4.79 Å². The number of fused-ring (bicyclic) bond motifs is 1. The van der Waals surface area contributed by atoms with Crippen LogP contribution in [0.15, 0.2) is 101 Å². The number of halogens is 1. The van der Waals surface area contributed by atoms with Gasteiger partial charge in [0.1, 0.15) is 10.6 Å². The lowest BCUT2D eigenvalue weighted by Gasteiger charge is -2.12. The SMILES string of the molecule is O=C1S/C(=C\c2ccc(OS(=O)(=O)c3ccc4ccccc4c3)cc2)C(=O)N1Cc1ccc(I)cc1. The normalized spacial score (nSPS) is 15.1. The minimum Gasteiger partial charge on any atom is -0.379 e. The predicted molar refractivity (Wildman–Crippen MR) is 149 cm³/mol. The third kappa shape index (κ3) is 5.32. The van der Waals surface area contributed by atoms with Crippen molar-refractivity contribution in [1.82, 2.24) is 4.90 Å². The van der Waals surface area contributed by atoms with Crippen molar-refractivity contribution in [2.24, 2.45) is 0 Å². The third-order valence-electron chi connectivity index (χ3n) is 5.52. The van der Waals surface area contributed by atoms with Gasteiger partial charge in [-0.3, -0.25) is 14.5 Å². The standard InChI is InChI=1S/C27H18INO5S2/c28-22-10-5-19(6-11-22)17-29-26(30)25(35-27(29)31)15-18-7-12-23(13-8-18)34-36(32,33)24-14-9-20-3-1-2-4-21(20)16-24/h1-16H,17H2/b25-15-. The Bertz CT molecular complexity index is 1610. The molecule has 0 bridgehead atoms. The summed E-state index contributed by atoms with van der Waals surface area (Å²) in [5.41, 5.74) is 1.51. The van der Waals surface area contributed by atoms with Crippen molar-refractivity contribution in [1.29, 1.82) is 0 Å². The molecule has 1 aliphatic heterocycles. The quantitative estimate of drug-likeness (QED) is 0.139. The van der Waals surface area contributed by atoms with Crippen LogP contribution in [-0.2, 0) is 21.5 Å². The number of thioether (sulfide) groups is 1. The van der Waals surface area contributed by atoms with E-state index in [0.717, 1.165) is 31.7 Å². The molecule has 0 aromatic heterocycles. The van der Waals surface area contributed by atoms with E-state index in [-0.39, 0.29) is 28.3 Å². The Morgan fingerprint density at radius 3 is 2.28 bits per heavy atom. The molecular formula is C27H18INO5S2. The summed E-state index contributed by atoms with van der Waals surface area (Å²) in [5, 5.41) is 1.41. The highest BCUT2D eigenvalue weighted by Gasteiger charge is 2.35. The van der Waals surface area contributed by atoms with E-state index in [4.69, 9.17) is 4.18 Å². The highest BCUT2D eigenvalue weighted by molar-refractivity contribution is 14.1. The molecule has 180 valence electrons. The van der Waals surface area contributed by atoms with Gasteiger partial charge in [0, 0.05) is 3.57 Å². The summed E-state index contributed by atoms with van der Waals surface area (Å²) in [5.74, 6) is -0.213. The topological polar surface area (TPSA) is 80.8 Å². The van der Waals surface area contributed by atoms with Crippen molar-refractivity contribution in [3.63, 3.8) is 0 Å². The second-order valence-electron chi connectivity index (χ2n) is 8.01. The molecule has 0 radical (unpaired) electrons. The van der Waals surface area contributed by atoms with Crippen LogP contribution in [-0.4, -0.2) is 24.5 Å². The lowest BCUT2D eigenvalue weighted by molar-refractivity contribution is -0.123. The van der Waals surface area contributed by atoms with Crippen LogP contribution in [0.1, 0.15) is 11.1 Å². The Balaban J connectivity index is 1.29. The van der Waals surface area contributed by atoms with Gasteiger partial charge in [0.25, 0.3) is 11.1 Å². The van der Waals surface area contributed by atoms with Gasteiger partial charge in [-0.1, -0.05) is 54.6 Å². The van der Waals surface area contributed by atoms with E-state index in [1.165, 1.54) is 23.1 Å². The van der Waals surface area contributed by atoms with Crippen molar-refractivity contribution in [2.75, 3.05) is 0 Å². The van der Waals surface area contributed by atoms with Crippen LogP contribution in [0.25, 0.3) is 16.8 Å². The van der Waals surface area contributed by atoms with Gasteiger partial charge < -0.3 is 4.18 Å². The summed E-state index contributed by atoms with van der Waals surface area (Å²) in [6.45, 7) is 0.207. The molecule has 0 N–H and O–H groups in total. The minimum atomic E-state index is -4.02. The molecule has 5 rings (SSSR count). The fourth-order valence-corrected chi connectivity index (χ4v) is 5.84. The van der Waals surface area contributed by atoms with Crippen LogP contribution < -0.4 is 4.18 Å². The summed E-state index contributed by atoms with van der Waals surface area (Å²) in [6, 6.07) is 26.2. The number of hydrogen-bond donors (Lipinski definition) is 0. The second-order valence-corrected chi connectivity index (χ2v) is 11.8. The number of carbonyl (C=O) groups is 2. The molecule has 1 aliphatic rings. The first-order chi connectivity index (χ1) is 17.3. The highest BCUT2D eigenvalue weighted by atomic mass is 127. The van der Waals surface area contributed by atoms with E-state index in [2.05, 4.69) is 22.6 Å². The van der Waals surface area contributed by atoms with E-state index in [0.29, 0.717) is 10.5 Å². The van der Waals surface area contributed by atoms with Crippen LogP contribution in [0, 0.1) is 3.57 Å². The Kier molecular flexibility index (Phi) is 6.87. The largest absolute Gasteiger partial charge is 0.379 e. The van der Waals surface area contributed by atoms with Gasteiger partial charge in [-0.05, 0) is 98.7 Å². The molecular weight excluding hydrogens is 609 g/mol. The number of amides is 2. The number of benzene rings is 4. The zero-order valence-electron chi connectivity index (χ0n) is 18.6. The van der Waals surface area contributed by atoms with Crippen molar-refractivity contribution in [3.05, 3.63) is 111 Å². The predicted octanol–water partition coefficient (Wildman–Crippen LogP) is 6.45. The fraction of sp³-hybridized carbons (Fsp3) is 0.0370. The molecule has 0 saturated carbocycles. The monoisotopic (exact) mass is 627 g/mol. The Morgan fingerprint density at radius 2 is 1.56 bits per heavy atom. The first kappa shape index (κ1) is 24.5. The molecule has 2 amide bonds. The Labute approximate surface area is 226 Å². The van der Waals surface area contributed by atoms with E-state index >= 15 is 0 Å². The summed E-state index contributed by atoms with van der Waals surface area (Å²) in [7, 11) is -4.02. The van der Waals surface area contributed by atoms with Crippen molar-refractivity contribution in [3.8, 4) is 5.75 Å². The van der Waals surface area contributed by atoms with Gasteiger partial charge >= 0.3 is 10.1 Å². The number of nitrogens with zero attached hydrogens (tertiary/aromatic N) is 1. The maximum absolute atomic E-state index is 12.8. The van der Waals surface area contributed by atoms with E-state index in [1.807, 2.05) is 48.5 Å². The zero-order valence-corrected chi connectivity index (χ0v) is 22.4. The second kappa shape index (κ2) is 10.1. The highest BCUT2D eigenvalue weighted by Crippen LogP contribution is 2.33. The number of carbonyl (C=O) groups excluding carboxylic acids is 2. The third-order valence-corrected chi connectivity index (χ3v) is 8.39. The van der Waals surface area contributed by atoms with Crippen LogP contribution >= 0.6 is 34.4 Å². The van der Waals surface area contributed by atoms with Gasteiger partial charge in [0.2, 0.25) is 0 Å². The van der Waals surface area contributed by atoms with E-state index < -0.39 is 10.1 Å². The van der Waals surface area contributed by atoms with Crippen LogP contribution in [0.2, 0.25) is 0 Å². The summed E-state index contributed by atoms with van der Waals surface area (Å²) in [4.78, 5) is 26.8. The molecule has 1 fully saturated rings.